The number of benzene rings is 1. The van der Waals surface area contributed by atoms with Gasteiger partial charge in [-0.15, -0.1) is 0 Å². The number of carbonyl (C=O) groups excluding carboxylic acids is 1. The summed E-state index contributed by atoms with van der Waals surface area (Å²) in [5.41, 5.74) is 0.539. The van der Waals surface area contributed by atoms with Crippen LogP contribution >= 0.6 is 15.9 Å². The average molecular weight is 328 g/mol. The molecule has 104 valence electrons. The van der Waals surface area contributed by atoms with Crippen LogP contribution < -0.4 is 10.1 Å². The molecule has 1 aliphatic carbocycles. The molecule has 0 radical (unpaired) electrons. The van der Waals surface area contributed by atoms with E-state index < -0.39 is 0 Å². The van der Waals surface area contributed by atoms with Crippen LogP contribution in [0.4, 0.5) is 0 Å². The third kappa shape index (κ3) is 3.70. The normalized spacial score (nSPS) is 22.9. The number of amides is 1. The topological polar surface area (TPSA) is 58.6 Å². The summed E-state index contributed by atoms with van der Waals surface area (Å²) >= 11 is 3.35. The highest BCUT2D eigenvalue weighted by molar-refractivity contribution is 9.10. The number of ether oxygens (including phenoxy) is 1. The number of hydrogen-bond donors (Lipinski definition) is 2. The Morgan fingerprint density at radius 1 is 1.37 bits per heavy atom. The van der Waals surface area contributed by atoms with Crippen LogP contribution in [-0.4, -0.2) is 30.3 Å². The average Bonchev–Trinajstić information content (AvgIpc) is 2.41. The predicted octanol–water partition coefficient (Wildman–Crippen LogP) is 2.49. The molecule has 0 atom stereocenters. The number of hydrogen-bond acceptors (Lipinski definition) is 3. The van der Waals surface area contributed by atoms with Crippen molar-refractivity contribution in [2.75, 3.05) is 7.11 Å². The van der Waals surface area contributed by atoms with Crippen LogP contribution in [-0.2, 0) is 0 Å². The molecule has 1 amide bonds. The van der Waals surface area contributed by atoms with Crippen molar-refractivity contribution in [3.05, 3.63) is 28.2 Å². The molecule has 4 nitrogen and oxygen atoms in total. The molecule has 5 heteroatoms. The summed E-state index contributed by atoms with van der Waals surface area (Å²) in [5.74, 6) is 0.438. The van der Waals surface area contributed by atoms with E-state index in [0.717, 1.165) is 30.2 Å². The summed E-state index contributed by atoms with van der Waals surface area (Å²) in [7, 11) is 1.55. The molecule has 0 spiro atoms. The highest BCUT2D eigenvalue weighted by Crippen LogP contribution is 2.24. The quantitative estimate of drug-likeness (QED) is 0.896. The van der Waals surface area contributed by atoms with Gasteiger partial charge in [0.15, 0.2) is 0 Å². The van der Waals surface area contributed by atoms with Crippen LogP contribution in [0.1, 0.15) is 36.0 Å². The molecule has 0 heterocycles. The SMILES string of the molecule is COc1cc(Br)ccc1C(=O)NC1CCC(O)CC1. The minimum absolute atomic E-state index is 0.120. The smallest absolute Gasteiger partial charge is 0.255 e. The van der Waals surface area contributed by atoms with Gasteiger partial charge in [-0.05, 0) is 43.9 Å². The first-order valence-corrected chi connectivity index (χ1v) is 7.22. The van der Waals surface area contributed by atoms with Crippen LogP contribution in [0.3, 0.4) is 0 Å². The number of aliphatic hydroxyl groups is 1. The lowest BCUT2D eigenvalue weighted by atomic mass is 9.93. The number of aliphatic hydroxyl groups excluding tert-OH is 1. The van der Waals surface area contributed by atoms with Crippen LogP contribution in [0.5, 0.6) is 5.75 Å². The zero-order valence-electron chi connectivity index (χ0n) is 10.9. The molecule has 0 unspecified atom stereocenters. The van der Waals surface area contributed by atoms with Gasteiger partial charge in [-0.25, -0.2) is 0 Å². The van der Waals surface area contributed by atoms with Crippen LogP contribution in [0.15, 0.2) is 22.7 Å². The van der Waals surface area contributed by atoms with E-state index in [0.29, 0.717) is 11.3 Å². The fourth-order valence-corrected chi connectivity index (χ4v) is 2.68. The van der Waals surface area contributed by atoms with Gasteiger partial charge in [0.25, 0.3) is 5.91 Å². The molecule has 1 fully saturated rings. The molecule has 0 saturated heterocycles. The van der Waals surface area contributed by atoms with E-state index >= 15 is 0 Å². The fraction of sp³-hybridized carbons (Fsp3) is 0.500. The molecule has 0 aliphatic heterocycles. The van der Waals surface area contributed by atoms with Crippen LogP contribution in [0.25, 0.3) is 0 Å². The number of nitrogens with one attached hydrogen (secondary N) is 1. The van der Waals surface area contributed by atoms with Gasteiger partial charge >= 0.3 is 0 Å². The Bertz CT molecular complexity index is 456. The maximum atomic E-state index is 12.2. The first kappa shape index (κ1) is 14.3. The Balaban J connectivity index is 2.03. The first-order valence-electron chi connectivity index (χ1n) is 6.42. The van der Waals surface area contributed by atoms with Crippen molar-refractivity contribution in [3.8, 4) is 5.75 Å². The Labute approximate surface area is 121 Å². The minimum atomic E-state index is -0.213. The Kier molecular flexibility index (Phi) is 4.82. The van der Waals surface area contributed by atoms with Gasteiger partial charge in [-0.1, -0.05) is 15.9 Å². The third-order valence-corrected chi connectivity index (χ3v) is 3.93. The zero-order valence-corrected chi connectivity index (χ0v) is 12.4. The Hall–Kier alpha value is -1.07. The molecule has 0 aromatic heterocycles. The number of methoxy groups -OCH3 is 1. The minimum Gasteiger partial charge on any atom is -0.496 e. The molecular formula is C14H18BrNO3. The van der Waals surface area contributed by atoms with Crippen molar-refractivity contribution < 1.29 is 14.6 Å². The van der Waals surface area contributed by atoms with Gasteiger partial charge in [-0.2, -0.15) is 0 Å². The maximum Gasteiger partial charge on any atom is 0.255 e. The molecule has 2 N–H and O–H groups in total. The fourth-order valence-electron chi connectivity index (χ4n) is 2.34. The maximum absolute atomic E-state index is 12.2. The second-order valence-corrected chi connectivity index (χ2v) is 5.74. The van der Waals surface area contributed by atoms with E-state index in [4.69, 9.17) is 4.74 Å². The molecule has 2 rings (SSSR count). The zero-order chi connectivity index (χ0) is 13.8. The van der Waals surface area contributed by atoms with Gasteiger partial charge in [0.05, 0.1) is 18.8 Å². The highest BCUT2D eigenvalue weighted by atomic mass is 79.9. The lowest BCUT2D eigenvalue weighted by Gasteiger charge is -2.26. The number of carbonyl (C=O) groups is 1. The van der Waals surface area contributed by atoms with E-state index in [1.165, 1.54) is 0 Å². The summed E-state index contributed by atoms with van der Waals surface area (Å²) in [6.07, 6.45) is 2.94. The molecule has 1 saturated carbocycles. The molecule has 0 bridgehead atoms. The summed E-state index contributed by atoms with van der Waals surface area (Å²) in [5, 5.41) is 12.5. The van der Waals surface area contributed by atoms with E-state index in [9.17, 15) is 9.90 Å². The summed E-state index contributed by atoms with van der Waals surface area (Å²) < 4.78 is 6.10. The Morgan fingerprint density at radius 2 is 2.05 bits per heavy atom. The van der Waals surface area contributed by atoms with E-state index in [2.05, 4.69) is 21.2 Å². The van der Waals surface area contributed by atoms with Gasteiger partial charge in [0, 0.05) is 10.5 Å². The van der Waals surface area contributed by atoms with Gasteiger partial charge in [-0.3, -0.25) is 4.79 Å². The number of halogens is 1. The summed E-state index contributed by atoms with van der Waals surface area (Å²) in [6.45, 7) is 0. The number of rotatable bonds is 3. The monoisotopic (exact) mass is 327 g/mol. The molecule has 1 aromatic carbocycles. The van der Waals surface area contributed by atoms with Crippen molar-refractivity contribution in [3.63, 3.8) is 0 Å². The summed E-state index contributed by atoms with van der Waals surface area (Å²) in [6, 6.07) is 5.49. The van der Waals surface area contributed by atoms with E-state index in [1.807, 2.05) is 6.07 Å². The highest BCUT2D eigenvalue weighted by Gasteiger charge is 2.22. The van der Waals surface area contributed by atoms with E-state index in [1.54, 1.807) is 19.2 Å². The van der Waals surface area contributed by atoms with Crippen molar-refractivity contribution in [2.24, 2.45) is 0 Å². The lowest BCUT2D eigenvalue weighted by Crippen LogP contribution is -2.38. The van der Waals surface area contributed by atoms with Gasteiger partial charge in [0.2, 0.25) is 0 Å². The summed E-state index contributed by atoms with van der Waals surface area (Å²) in [4.78, 5) is 12.2. The third-order valence-electron chi connectivity index (χ3n) is 3.44. The largest absolute Gasteiger partial charge is 0.496 e. The molecule has 19 heavy (non-hydrogen) atoms. The van der Waals surface area contributed by atoms with Crippen LogP contribution in [0, 0.1) is 0 Å². The standard InChI is InChI=1S/C14H18BrNO3/c1-19-13-8-9(15)2-7-12(13)14(18)16-10-3-5-11(17)6-4-10/h2,7-8,10-11,17H,3-6H2,1H3,(H,16,18). The second-order valence-electron chi connectivity index (χ2n) is 4.82. The van der Waals surface area contributed by atoms with Gasteiger partial charge < -0.3 is 15.2 Å². The first-order chi connectivity index (χ1) is 9.10. The lowest BCUT2D eigenvalue weighted by molar-refractivity contribution is 0.0865. The van der Waals surface area contributed by atoms with Gasteiger partial charge in [0.1, 0.15) is 5.75 Å². The predicted molar refractivity (Wildman–Crippen MR) is 76.4 cm³/mol. The second kappa shape index (κ2) is 6.39. The van der Waals surface area contributed by atoms with Crippen molar-refractivity contribution in [2.45, 2.75) is 37.8 Å². The molecule has 1 aliphatic rings. The Morgan fingerprint density at radius 3 is 2.68 bits per heavy atom. The van der Waals surface area contributed by atoms with E-state index in [-0.39, 0.29) is 18.1 Å². The van der Waals surface area contributed by atoms with Crippen molar-refractivity contribution in [1.82, 2.24) is 5.32 Å². The molecular weight excluding hydrogens is 310 g/mol. The molecule has 1 aromatic rings. The van der Waals surface area contributed by atoms with Crippen molar-refractivity contribution >= 4 is 21.8 Å². The van der Waals surface area contributed by atoms with Crippen molar-refractivity contribution in [1.29, 1.82) is 0 Å². The van der Waals surface area contributed by atoms with Crippen LogP contribution in [0.2, 0.25) is 0 Å².